The number of carbonyl (C=O) groups is 1. The molecule has 2 aromatic rings. The third-order valence-electron chi connectivity index (χ3n) is 3.70. The van der Waals surface area contributed by atoms with Crippen LogP contribution in [0.4, 0.5) is 0 Å². The molecular formula is C18H22N2O4S. The number of aryl methyl sites for hydroxylation is 4. The summed E-state index contributed by atoms with van der Waals surface area (Å²) >= 11 is 0. The lowest BCUT2D eigenvalue weighted by Crippen LogP contribution is -2.43. The maximum Gasteiger partial charge on any atom is 0.272 e. The average Bonchev–Trinajstić information content (AvgIpc) is 2.52. The summed E-state index contributed by atoms with van der Waals surface area (Å²) in [6, 6.07) is 10.6. The van der Waals surface area contributed by atoms with Gasteiger partial charge in [0.15, 0.2) is 6.61 Å². The van der Waals surface area contributed by atoms with Crippen LogP contribution in [0.3, 0.4) is 0 Å². The molecule has 0 radical (unpaired) electrons. The first-order valence-electron chi connectivity index (χ1n) is 7.77. The van der Waals surface area contributed by atoms with E-state index >= 15 is 0 Å². The average molecular weight is 362 g/mol. The van der Waals surface area contributed by atoms with Crippen molar-refractivity contribution in [3.63, 3.8) is 0 Å². The van der Waals surface area contributed by atoms with Gasteiger partial charge in [-0.05, 0) is 50.5 Å². The molecule has 0 aliphatic carbocycles. The van der Waals surface area contributed by atoms with Crippen molar-refractivity contribution in [2.24, 2.45) is 0 Å². The highest BCUT2D eigenvalue weighted by Crippen LogP contribution is 2.22. The van der Waals surface area contributed by atoms with Gasteiger partial charge in [-0.1, -0.05) is 35.9 Å². The first-order valence-corrected chi connectivity index (χ1v) is 9.26. The largest absolute Gasteiger partial charge is 0.483 e. The molecule has 6 nitrogen and oxygen atoms in total. The third kappa shape index (κ3) is 4.80. The summed E-state index contributed by atoms with van der Waals surface area (Å²) in [4.78, 5) is 14.1. The molecule has 0 fully saturated rings. The van der Waals surface area contributed by atoms with Crippen LogP contribution in [0, 0.1) is 27.7 Å². The van der Waals surface area contributed by atoms with E-state index in [2.05, 4.69) is 10.3 Å². The van der Waals surface area contributed by atoms with Gasteiger partial charge in [0.2, 0.25) is 0 Å². The fourth-order valence-corrected chi connectivity index (χ4v) is 3.57. The molecular weight excluding hydrogens is 340 g/mol. The number of sulfonamides is 1. The molecule has 0 spiro atoms. The van der Waals surface area contributed by atoms with Gasteiger partial charge in [0.1, 0.15) is 5.75 Å². The van der Waals surface area contributed by atoms with E-state index in [0.717, 1.165) is 16.7 Å². The van der Waals surface area contributed by atoms with Gasteiger partial charge in [-0.25, -0.2) is 8.42 Å². The van der Waals surface area contributed by atoms with Crippen LogP contribution >= 0.6 is 0 Å². The zero-order valence-electron chi connectivity index (χ0n) is 14.7. The number of amides is 1. The Bertz CT molecular complexity index is 872. The number of hydrazine groups is 1. The lowest BCUT2D eigenvalue weighted by atomic mass is 10.1. The quantitative estimate of drug-likeness (QED) is 0.773. The van der Waals surface area contributed by atoms with E-state index in [1.165, 1.54) is 6.07 Å². The monoisotopic (exact) mass is 362 g/mol. The number of rotatable bonds is 6. The molecule has 7 heteroatoms. The van der Waals surface area contributed by atoms with Crippen LogP contribution in [0.5, 0.6) is 5.75 Å². The van der Waals surface area contributed by atoms with Crippen molar-refractivity contribution < 1.29 is 17.9 Å². The predicted octanol–water partition coefficient (Wildman–Crippen LogP) is 2.31. The molecule has 0 heterocycles. The summed E-state index contributed by atoms with van der Waals surface area (Å²) in [5.74, 6) is 0.0332. The molecule has 1 amide bonds. The number of hydrogen-bond acceptors (Lipinski definition) is 4. The molecule has 0 aliphatic heterocycles. The molecule has 25 heavy (non-hydrogen) atoms. The molecule has 134 valence electrons. The Hall–Kier alpha value is -2.38. The Labute approximate surface area is 148 Å². The first kappa shape index (κ1) is 19.0. The minimum absolute atomic E-state index is 0.120. The van der Waals surface area contributed by atoms with E-state index in [1.807, 2.05) is 39.0 Å². The van der Waals surface area contributed by atoms with Crippen molar-refractivity contribution in [3.8, 4) is 5.75 Å². The van der Waals surface area contributed by atoms with E-state index in [4.69, 9.17) is 4.74 Å². The Balaban J connectivity index is 1.97. The van der Waals surface area contributed by atoms with Crippen LogP contribution < -0.4 is 15.0 Å². The summed E-state index contributed by atoms with van der Waals surface area (Å²) < 4.78 is 30.1. The molecule has 2 rings (SSSR count). The standard InChI is InChI=1S/C18H22N2O4S/c1-12-8-9-16(15(4)10-12)25(22,23)20-19-17(21)11-24-18-13(2)6-5-7-14(18)3/h5-10,20H,11H2,1-4H3,(H,19,21). The van der Waals surface area contributed by atoms with Crippen LogP contribution in [0.25, 0.3) is 0 Å². The van der Waals surface area contributed by atoms with Crippen molar-refractivity contribution in [1.29, 1.82) is 0 Å². The highest BCUT2D eigenvalue weighted by atomic mass is 32.2. The topological polar surface area (TPSA) is 84.5 Å². The minimum Gasteiger partial charge on any atom is -0.483 e. The van der Waals surface area contributed by atoms with E-state index in [-0.39, 0.29) is 11.5 Å². The van der Waals surface area contributed by atoms with Crippen LogP contribution in [0.2, 0.25) is 0 Å². The summed E-state index contributed by atoms with van der Waals surface area (Å²) in [6.45, 7) is 7.05. The maximum atomic E-state index is 12.3. The normalized spacial score (nSPS) is 11.2. The number of hydrogen-bond donors (Lipinski definition) is 2. The lowest BCUT2D eigenvalue weighted by Gasteiger charge is -2.13. The van der Waals surface area contributed by atoms with E-state index in [1.54, 1.807) is 19.1 Å². The minimum atomic E-state index is -3.84. The second kappa shape index (κ2) is 7.67. The van der Waals surface area contributed by atoms with Gasteiger partial charge in [-0.3, -0.25) is 10.2 Å². The maximum absolute atomic E-state index is 12.3. The van der Waals surface area contributed by atoms with E-state index in [0.29, 0.717) is 11.3 Å². The SMILES string of the molecule is Cc1ccc(S(=O)(=O)NNC(=O)COc2c(C)cccc2C)c(C)c1. The van der Waals surface area contributed by atoms with Gasteiger partial charge >= 0.3 is 0 Å². The van der Waals surface area contributed by atoms with Crippen LogP contribution in [-0.2, 0) is 14.8 Å². The molecule has 2 aromatic carbocycles. The smallest absolute Gasteiger partial charge is 0.272 e. The Morgan fingerprint density at radius 2 is 1.64 bits per heavy atom. The summed E-state index contributed by atoms with van der Waals surface area (Å²) in [7, 11) is -3.84. The van der Waals surface area contributed by atoms with E-state index in [9.17, 15) is 13.2 Å². The van der Waals surface area contributed by atoms with Gasteiger partial charge in [0.25, 0.3) is 15.9 Å². The Kier molecular flexibility index (Phi) is 5.81. The van der Waals surface area contributed by atoms with Gasteiger partial charge in [0, 0.05) is 0 Å². The van der Waals surface area contributed by atoms with E-state index < -0.39 is 15.9 Å². The zero-order chi connectivity index (χ0) is 18.6. The summed E-state index contributed by atoms with van der Waals surface area (Å²) in [6.07, 6.45) is 0. The summed E-state index contributed by atoms with van der Waals surface area (Å²) in [5.41, 5.74) is 5.55. The molecule has 0 aliphatic rings. The molecule has 0 bridgehead atoms. The van der Waals surface area contributed by atoms with Crippen molar-refractivity contribution >= 4 is 15.9 Å². The molecule has 0 atom stereocenters. The molecule has 0 aromatic heterocycles. The number of carbonyl (C=O) groups excluding carboxylic acids is 1. The third-order valence-corrected chi connectivity index (χ3v) is 5.11. The number of para-hydroxylation sites is 1. The van der Waals surface area contributed by atoms with Crippen LogP contribution in [0.15, 0.2) is 41.3 Å². The highest BCUT2D eigenvalue weighted by Gasteiger charge is 2.18. The number of ether oxygens (including phenoxy) is 1. The summed E-state index contributed by atoms with van der Waals surface area (Å²) in [5, 5.41) is 0. The van der Waals surface area contributed by atoms with Gasteiger partial charge in [0.05, 0.1) is 4.90 Å². The fraction of sp³-hybridized carbons (Fsp3) is 0.278. The van der Waals surface area contributed by atoms with Crippen molar-refractivity contribution in [2.75, 3.05) is 6.61 Å². The number of benzene rings is 2. The van der Waals surface area contributed by atoms with Crippen LogP contribution in [-0.4, -0.2) is 20.9 Å². The van der Waals surface area contributed by atoms with Gasteiger partial charge in [-0.15, -0.1) is 4.83 Å². The van der Waals surface area contributed by atoms with Gasteiger partial charge in [-0.2, -0.15) is 0 Å². The Morgan fingerprint density at radius 1 is 1.00 bits per heavy atom. The molecule has 0 saturated carbocycles. The van der Waals surface area contributed by atoms with Crippen molar-refractivity contribution in [1.82, 2.24) is 10.3 Å². The molecule has 0 saturated heterocycles. The lowest BCUT2D eigenvalue weighted by molar-refractivity contribution is -0.123. The fourth-order valence-electron chi connectivity index (χ4n) is 2.48. The molecule has 2 N–H and O–H groups in total. The second-order valence-electron chi connectivity index (χ2n) is 5.93. The predicted molar refractivity (Wildman–Crippen MR) is 95.8 cm³/mol. The Morgan fingerprint density at radius 3 is 2.24 bits per heavy atom. The number of nitrogens with one attached hydrogen (secondary N) is 2. The molecule has 0 unspecified atom stereocenters. The van der Waals surface area contributed by atoms with Crippen LogP contribution in [0.1, 0.15) is 22.3 Å². The van der Waals surface area contributed by atoms with Crippen molar-refractivity contribution in [2.45, 2.75) is 32.6 Å². The first-order chi connectivity index (χ1) is 11.7. The zero-order valence-corrected chi connectivity index (χ0v) is 15.5. The van der Waals surface area contributed by atoms with Gasteiger partial charge < -0.3 is 4.74 Å². The van der Waals surface area contributed by atoms with Crippen molar-refractivity contribution in [3.05, 3.63) is 58.7 Å². The second-order valence-corrected chi connectivity index (χ2v) is 7.58. The highest BCUT2D eigenvalue weighted by molar-refractivity contribution is 7.89.